The van der Waals surface area contributed by atoms with Crippen LogP contribution in [0.15, 0.2) is 119 Å². The van der Waals surface area contributed by atoms with E-state index in [4.69, 9.17) is 0 Å². The Morgan fingerprint density at radius 2 is 0.892 bits per heavy atom. The molecule has 37 heavy (non-hydrogen) atoms. The zero-order chi connectivity index (χ0) is 25.0. The van der Waals surface area contributed by atoms with Gasteiger partial charge < -0.3 is 10.2 Å². The summed E-state index contributed by atoms with van der Waals surface area (Å²) in [5.41, 5.74) is 11.2. The van der Waals surface area contributed by atoms with Gasteiger partial charge in [-0.05, 0) is 126 Å². The van der Waals surface area contributed by atoms with Crippen LogP contribution in [0.3, 0.4) is 0 Å². The molecule has 2 aromatic heterocycles. The van der Waals surface area contributed by atoms with Gasteiger partial charge in [-0.2, -0.15) is 22.7 Å². The van der Waals surface area contributed by atoms with Gasteiger partial charge in [0.2, 0.25) is 0 Å². The summed E-state index contributed by atoms with van der Waals surface area (Å²) in [6, 6.07) is 33.0. The molecule has 2 heterocycles. The predicted octanol–water partition coefficient (Wildman–Crippen LogP) is 8.92. The Balaban J connectivity index is 1.59. The van der Waals surface area contributed by atoms with Gasteiger partial charge in [-0.3, -0.25) is 0 Å². The summed E-state index contributed by atoms with van der Waals surface area (Å²) in [5.74, 6) is 0.479. The summed E-state index contributed by atoms with van der Waals surface area (Å²) < 4.78 is 0. The number of hydrogen-bond donors (Lipinski definition) is 2. The fraction of sp³-hybridized carbons (Fsp3) is 0.0303. The highest BCUT2D eigenvalue weighted by atomic mass is 32.1. The van der Waals surface area contributed by atoms with Crippen molar-refractivity contribution in [1.82, 2.24) is 0 Å². The molecule has 1 aliphatic carbocycles. The number of phenolic OH excluding ortho intramolecular Hbond substituents is 2. The van der Waals surface area contributed by atoms with Crippen LogP contribution in [0.4, 0.5) is 0 Å². The molecule has 0 amide bonds. The van der Waals surface area contributed by atoms with E-state index in [1.54, 1.807) is 46.9 Å². The lowest BCUT2D eigenvalue weighted by Gasteiger charge is -2.34. The molecule has 4 aromatic carbocycles. The number of thiophene rings is 2. The van der Waals surface area contributed by atoms with Gasteiger partial charge in [0.15, 0.2) is 0 Å². The predicted molar refractivity (Wildman–Crippen MR) is 154 cm³/mol. The maximum atomic E-state index is 10.1. The van der Waals surface area contributed by atoms with Crippen LogP contribution in [0, 0.1) is 0 Å². The lowest BCUT2D eigenvalue weighted by atomic mass is 9.67. The van der Waals surface area contributed by atoms with Crippen LogP contribution >= 0.6 is 22.7 Å². The van der Waals surface area contributed by atoms with Crippen molar-refractivity contribution in [2.24, 2.45) is 0 Å². The molecule has 0 spiro atoms. The largest absolute Gasteiger partial charge is 0.508 e. The van der Waals surface area contributed by atoms with E-state index >= 15 is 0 Å². The zero-order valence-electron chi connectivity index (χ0n) is 19.8. The van der Waals surface area contributed by atoms with Gasteiger partial charge in [0, 0.05) is 0 Å². The average Bonchev–Trinajstić information content (AvgIpc) is 3.70. The van der Waals surface area contributed by atoms with Crippen molar-refractivity contribution in [3.63, 3.8) is 0 Å². The van der Waals surface area contributed by atoms with Crippen molar-refractivity contribution in [1.29, 1.82) is 0 Å². The van der Waals surface area contributed by atoms with Gasteiger partial charge >= 0.3 is 0 Å². The maximum absolute atomic E-state index is 10.1. The Kier molecular flexibility index (Phi) is 5.07. The molecule has 2 nitrogen and oxygen atoms in total. The highest BCUT2D eigenvalue weighted by Crippen LogP contribution is 2.57. The van der Waals surface area contributed by atoms with Gasteiger partial charge in [-0.15, -0.1) is 0 Å². The quantitative estimate of drug-likeness (QED) is 0.246. The number of benzene rings is 4. The smallest absolute Gasteiger partial charge is 0.115 e. The second-order valence-electron chi connectivity index (χ2n) is 9.39. The van der Waals surface area contributed by atoms with Crippen LogP contribution in [0.25, 0.3) is 33.4 Å². The third-order valence-corrected chi connectivity index (χ3v) is 8.81. The standard InChI is InChI=1S/C33H22O2S2/c34-27-7-3-25(4-8-27)33(26-5-9-28(35)10-6-26)31-11-1-21(23-13-15-36-19-23)17-29(31)30-18-22(2-12-32(30)33)24-14-16-37-20-24/h1-20,34-35H. The molecule has 6 aromatic rings. The van der Waals surface area contributed by atoms with Crippen LogP contribution in [0.5, 0.6) is 11.5 Å². The molecule has 7 rings (SSSR count). The third-order valence-electron chi connectivity index (χ3n) is 7.45. The molecule has 2 N–H and O–H groups in total. The number of fused-ring (bicyclic) bond motifs is 3. The van der Waals surface area contributed by atoms with Crippen molar-refractivity contribution in [3.05, 3.63) is 141 Å². The Hall–Kier alpha value is -4.12. The number of aromatic hydroxyl groups is 2. The molecule has 0 aliphatic heterocycles. The summed E-state index contributed by atoms with van der Waals surface area (Å²) in [5, 5.41) is 28.9. The second-order valence-corrected chi connectivity index (χ2v) is 10.9. The Morgan fingerprint density at radius 1 is 0.459 bits per heavy atom. The van der Waals surface area contributed by atoms with E-state index in [0.29, 0.717) is 0 Å². The molecule has 178 valence electrons. The minimum atomic E-state index is -0.591. The number of hydrogen-bond acceptors (Lipinski definition) is 4. The lowest BCUT2D eigenvalue weighted by molar-refractivity contribution is 0.475. The summed E-state index contributed by atoms with van der Waals surface area (Å²) in [4.78, 5) is 0. The second kappa shape index (κ2) is 8.48. The first-order chi connectivity index (χ1) is 18.1. The summed E-state index contributed by atoms with van der Waals surface area (Å²) >= 11 is 3.41. The Labute approximate surface area is 223 Å². The van der Waals surface area contributed by atoms with Crippen molar-refractivity contribution < 1.29 is 10.2 Å². The van der Waals surface area contributed by atoms with Crippen molar-refractivity contribution in [3.8, 4) is 44.9 Å². The summed E-state index contributed by atoms with van der Waals surface area (Å²) in [6.45, 7) is 0. The normalized spacial score (nSPS) is 13.3. The number of rotatable bonds is 4. The van der Waals surface area contributed by atoms with Crippen LogP contribution < -0.4 is 0 Å². The first-order valence-corrected chi connectivity index (χ1v) is 14.0. The van der Waals surface area contributed by atoms with Gasteiger partial charge in [-0.25, -0.2) is 0 Å². The van der Waals surface area contributed by atoms with Crippen LogP contribution in [-0.4, -0.2) is 10.2 Å². The Morgan fingerprint density at radius 3 is 1.27 bits per heavy atom. The highest BCUT2D eigenvalue weighted by Gasteiger charge is 2.46. The molecular formula is C33H22O2S2. The molecule has 0 saturated heterocycles. The van der Waals surface area contributed by atoms with E-state index in [9.17, 15) is 10.2 Å². The van der Waals surface area contributed by atoms with E-state index in [0.717, 1.165) is 11.1 Å². The van der Waals surface area contributed by atoms with E-state index in [2.05, 4.69) is 70.1 Å². The SMILES string of the molecule is Oc1ccc(C2(c3ccc(O)cc3)c3ccc(-c4ccsc4)cc3-c3cc(-c4ccsc4)ccc32)cc1. The van der Waals surface area contributed by atoms with Crippen molar-refractivity contribution in [2.75, 3.05) is 0 Å². The van der Waals surface area contributed by atoms with E-state index < -0.39 is 5.41 Å². The average molecular weight is 515 g/mol. The third kappa shape index (κ3) is 3.37. The minimum Gasteiger partial charge on any atom is -0.508 e. The number of phenols is 2. The van der Waals surface area contributed by atoms with Crippen LogP contribution in [0.1, 0.15) is 22.3 Å². The van der Waals surface area contributed by atoms with Gasteiger partial charge in [-0.1, -0.05) is 48.5 Å². The van der Waals surface area contributed by atoms with E-state index in [-0.39, 0.29) is 11.5 Å². The fourth-order valence-electron chi connectivity index (χ4n) is 5.76. The molecule has 0 bridgehead atoms. The monoisotopic (exact) mass is 514 g/mol. The van der Waals surface area contributed by atoms with Gasteiger partial charge in [0.25, 0.3) is 0 Å². The highest BCUT2D eigenvalue weighted by molar-refractivity contribution is 7.08. The van der Waals surface area contributed by atoms with Crippen LogP contribution in [0.2, 0.25) is 0 Å². The summed E-state index contributed by atoms with van der Waals surface area (Å²) in [7, 11) is 0. The Bertz CT molecular complexity index is 1580. The lowest BCUT2D eigenvalue weighted by Crippen LogP contribution is -2.28. The zero-order valence-corrected chi connectivity index (χ0v) is 21.4. The van der Waals surface area contributed by atoms with Crippen molar-refractivity contribution >= 4 is 22.7 Å². The molecule has 4 heteroatoms. The topological polar surface area (TPSA) is 40.5 Å². The maximum Gasteiger partial charge on any atom is 0.115 e. The molecule has 1 aliphatic rings. The van der Waals surface area contributed by atoms with E-state index in [1.165, 1.54) is 44.5 Å². The van der Waals surface area contributed by atoms with E-state index in [1.807, 2.05) is 24.3 Å². The molecule has 0 atom stereocenters. The molecular weight excluding hydrogens is 492 g/mol. The van der Waals surface area contributed by atoms with Crippen molar-refractivity contribution in [2.45, 2.75) is 5.41 Å². The molecule has 0 fully saturated rings. The minimum absolute atomic E-state index is 0.240. The first-order valence-electron chi connectivity index (χ1n) is 12.1. The van der Waals surface area contributed by atoms with Crippen LogP contribution in [-0.2, 0) is 5.41 Å². The summed E-state index contributed by atoms with van der Waals surface area (Å²) in [6.07, 6.45) is 0. The molecule has 0 saturated carbocycles. The molecule has 0 radical (unpaired) electrons. The van der Waals surface area contributed by atoms with Gasteiger partial charge in [0.05, 0.1) is 5.41 Å². The molecule has 0 unspecified atom stereocenters. The van der Waals surface area contributed by atoms with Gasteiger partial charge in [0.1, 0.15) is 11.5 Å². The first kappa shape index (κ1) is 22.1. The fourth-order valence-corrected chi connectivity index (χ4v) is 7.09.